The maximum Gasteiger partial charge on any atom is 0.340 e. The van der Waals surface area contributed by atoms with Crippen molar-refractivity contribution in [3.63, 3.8) is 0 Å². The van der Waals surface area contributed by atoms with Gasteiger partial charge in [-0.05, 0) is 18.5 Å². The average molecular weight is 248 g/mol. The summed E-state index contributed by atoms with van der Waals surface area (Å²) in [6.07, 6.45) is 1.61. The van der Waals surface area contributed by atoms with E-state index in [4.69, 9.17) is 5.11 Å². The van der Waals surface area contributed by atoms with E-state index in [0.717, 1.165) is 11.5 Å². The molecule has 1 aromatic rings. The minimum atomic E-state index is -0.985. The van der Waals surface area contributed by atoms with Gasteiger partial charge in [-0.2, -0.15) is 4.37 Å². The number of aromatic nitrogens is 1. The van der Waals surface area contributed by atoms with Crippen molar-refractivity contribution in [1.82, 2.24) is 4.37 Å². The van der Waals surface area contributed by atoms with Crippen LogP contribution in [-0.2, 0) is 10.8 Å². The number of hydrogen-bond donors (Lipinski definition) is 2. The molecular weight excluding hydrogens is 236 g/mol. The van der Waals surface area contributed by atoms with Crippen LogP contribution in [0.3, 0.4) is 0 Å². The molecule has 1 heterocycles. The number of hydrogen-bond acceptors (Lipinski definition) is 5. The van der Waals surface area contributed by atoms with Crippen LogP contribution in [0.1, 0.15) is 16.1 Å². The first-order valence-electron chi connectivity index (χ1n) is 4.26. The molecule has 1 aromatic heterocycles. The van der Waals surface area contributed by atoms with Crippen molar-refractivity contribution >= 4 is 33.3 Å². The number of nitrogens with one attached hydrogen (secondary N) is 1. The molecular formula is C8H12N2O3S2. The van der Waals surface area contributed by atoms with E-state index >= 15 is 0 Å². The van der Waals surface area contributed by atoms with Gasteiger partial charge in [0.15, 0.2) is 0 Å². The topological polar surface area (TPSA) is 79.3 Å². The normalized spacial score (nSPS) is 12.4. The number of carbonyl (C=O) groups is 1. The Morgan fingerprint density at radius 1 is 1.67 bits per heavy atom. The first-order chi connectivity index (χ1) is 7.02. The summed E-state index contributed by atoms with van der Waals surface area (Å²) in [6, 6.07) is 0. The molecule has 0 aliphatic rings. The van der Waals surface area contributed by atoms with Crippen LogP contribution in [0.25, 0.3) is 0 Å². The third-order valence-electron chi connectivity index (χ3n) is 1.75. The van der Waals surface area contributed by atoms with Gasteiger partial charge in [-0.15, -0.1) is 0 Å². The molecule has 0 bridgehead atoms. The highest BCUT2D eigenvalue weighted by Crippen LogP contribution is 2.23. The lowest BCUT2D eigenvalue weighted by molar-refractivity contribution is 0.0697. The zero-order valence-electron chi connectivity index (χ0n) is 8.44. The maximum absolute atomic E-state index is 10.9. The monoisotopic (exact) mass is 248 g/mol. The molecule has 0 saturated carbocycles. The van der Waals surface area contributed by atoms with Crippen molar-refractivity contribution in [3.8, 4) is 0 Å². The van der Waals surface area contributed by atoms with E-state index in [0.29, 0.717) is 23.0 Å². The van der Waals surface area contributed by atoms with Crippen molar-refractivity contribution in [2.24, 2.45) is 0 Å². The zero-order valence-corrected chi connectivity index (χ0v) is 10.1. The van der Waals surface area contributed by atoms with E-state index in [1.807, 2.05) is 0 Å². The van der Waals surface area contributed by atoms with Crippen LogP contribution < -0.4 is 5.32 Å². The van der Waals surface area contributed by atoms with Crippen LogP contribution in [0.5, 0.6) is 0 Å². The highest BCUT2D eigenvalue weighted by molar-refractivity contribution is 7.84. The molecule has 1 atom stereocenters. The van der Waals surface area contributed by atoms with E-state index in [1.165, 1.54) is 0 Å². The van der Waals surface area contributed by atoms with E-state index in [-0.39, 0.29) is 5.56 Å². The fourth-order valence-corrected chi connectivity index (χ4v) is 2.25. The van der Waals surface area contributed by atoms with Crippen LogP contribution in [0.2, 0.25) is 0 Å². The average Bonchev–Trinajstić information content (AvgIpc) is 2.46. The molecule has 7 heteroatoms. The molecule has 1 unspecified atom stereocenters. The fourth-order valence-electron chi connectivity index (χ4n) is 1.05. The Kier molecular flexibility index (Phi) is 4.22. The fraction of sp³-hybridized carbons (Fsp3) is 0.500. The summed E-state index contributed by atoms with van der Waals surface area (Å²) in [5.74, 6) is -0.489. The third kappa shape index (κ3) is 3.28. The standard InChI is InChI=1S/C8H12N2O3S2/c1-5-6(8(11)12)7(14-10-5)9-3-4-15(2)13/h9H,3-4H2,1-2H3,(H,11,12). The predicted molar refractivity (Wildman–Crippen MR) is 61.2 cm³/mol. The second-order valence-corrected chi connectivity index (χ2v) is 5.31. The van der Waals surface area contributed by atoms with Gasteiger partial charge in [-0.1, -0.05) is 0 Å². The zero-order chi connectivity index (χ0) is 11.4. The van der Waals surface area contributed by atoms with Gasteiger partial charge in [0.2, 0.25) is 0 Å². The Hall–Kier alpha value is -0.950. The Labute approximate surface area is 94.1 Å². The summed E-state index contributed by atoms with van der Waals surface area (Å²) in [4.78, 5) is 10.9. The molecule has 5 nitrogen and oxygen atoms in total. The van der Waals surface area contributed by atoms with Crippen molar-refractivity contribution in [2.45, 2.75) is 6.92 Å². The number of carboxylic acids is 1. The summed E-state index contributed by atoms with van der Waals surface area (Å²) in [7, 11) is -0.875. The van der Waals surface area contributed by atoms with Crippen molar-refractivity contribution < 1.29 is 14.1 Å². The number of anilines is 1. The SMILES string of the molecule is Cc1nsc(NCCS(C)=O)c1C(=O)O. The Bertz CT molecular complexity index is 389. The molecule has 0 aliphatic heterocycles. The highest BCUT2D eigenvalue weighted by Gasteiger charge is 2.16. The largest absolute Gasteiger partial charge is 0.478 e. The smallest absolute Gasteiger partial charge is 0.340 e. The summed E-state index contributed by atoms with van der Waals surface area (Å²) < 4.78 is 14.8. The Morgan fingerprint density at radius 3 is 2.87 bits per heavy atom. The number of carboxylic acid groups (broad SMARTS) is 1. The van der Waals surface area contributed by atoms with Crippen molar-refractivity contribution in [1.29, 1.82) is 0 Å². The molecule has 0 radical (unpaired) electrons. The minimum absolute atomic E-state index is 0.210. The van der Waals surface area contributed by atoms with Gasteiger partial charge in [0.1, 0.15) is 10.6 Å². The van der Waals surface area contributed by atoms with Crippen LogP contribution in [-0.4, -0.2) is 38.2 Å². The van der Waals surface area contributed by atoms with Gasteiger partial charge in [-0.3, -0.25) is 4.21 Å². The van der Waals surface area contributed by atoms with Gasteiger partial charge in [0.25, 0.3) is 0 Å². The Morgan fingerprint density at radius 2 is 2.33 bits per heavy atom. The third-order valence-corrected chi connectivity index (χ3v) is 3.43. The molecule has 1 rings (SSSR count). The number of aromatic carboxylic acids is 1. The lowest BCUT2D eigenvalue weighted by Crippen LogP contribution is -2.11. The molecule has 0 amide bonds. The van der Waals surface area contributed by atoms with Gasteiger partial charge in [0.05, 0.1) is 5.69 Å². The van der Waals surface area contributed by atoms with Crippen LogP contribution >= 0.6 is 11.5 Å². The molecule has 0 saturated heterocycles. The second kappa shape index (κ2) is 5.22. The van der Waals surface area contributed by atoms with Crippen molar-refractivity contribution in [3.05, 3.63) is 11.3 Å². The minimum Gasteiger partial charge on any atom is -0.478 e. The lowest BCUT2D eigenvalue weighted by atomic mass is 10.2. The predicted octanol–water partition coefficient (Wildman–Crippen LogP) is 0.940. The number of rotatable bonds is 5. The summed E-state index contributed by atoms with van der Waals surface area (Å²) in [5, 5.41) is 12.4. The van der Waals surface area contributed by atoms with Gasteiger partial charge in [0, 0.05) is 29.4 Å². The van der Waals surface area contributed by atoms with E-state index < -0.39 is 16.8 Å². The molecule has 84 valence electrons. The molecule has 2 N–H and O–H groups in total. The first kappa shape index (κ1) is 12.1. The quantitative estimate of drug-likeness (QED) is 0.810. The van der Waals surface area contributed by atoms with Crippen molar-refractivity contribution in [2.75, 3.05) is 23.9 Å². The molecule has 15 heavy (non-hydrogen) atoms. The lowest BCUT2D eigenvalue weighted by Gasteiger charge is -2.02. The second-order valence-electron chi connectivity index (χ2n) is 2.98. The molecule has 0 spiro atoms. The van der Waals surface area contributed by atoms with E-state index in [1.54, 1.807) is 13.2 Å². The number of aryl methyl sites for hydroxylation is 1. The van der Waals surface area contributed by atoms with Gasteiger partial charge < -0.3 is 10.4 Å². The number of nitrogens with zero attached hydrogens (tertiary/aromatic N) is 1. The summed E-state index contributed by atoms with van der Waals surface area (Å²) >= 11 is 1.12. The van der Waals surface area contributed by atoms with Crippen LogP contribution in [0.4, 0.5) is 5.00 Å². The van der Waals surface area contributed by atoms with Crippen LogP contribution in [0.15, 0.2) is 0 Å². The van der Waals surface area contributed by atoms with Crippen LogP contribution in [0, 0.1) is 6.92 Å². The van der Waals surface area contributed by atoms with E-state index in [9.17, 15) is 9.00 Å². The van der Waals surface area contributed by atoms with E-state index in [2.05, 4.69) is 9.69 Å². The maximum atomic E-state index is 10.9. The van der Waals surface area contributed by atoms with Gasteiger partial charge >= 0.3 is 5.97 Å². The van der Waals surface area contributed by atoms with Gasteiger partial charge in [-0.25, -0.2) is 4.79 Å². The highest BCUT2D eigenvalue weighted by atomic mass is 32.2. The molecule has 0 aliphatic carbocycles. The summed E-state index contributed by atoms with van der Waals surface area (Å²) in [6.45, 7) is 2.15. The molecule has 0 fully saturated rings. The first-order valence-corrected chi connectivity index (χ1v) is 6.76. The summed E-state index contributed by atoms with van der Waals surface area (Å²) in [5.41, 5.74) is 0.717. The molecule has 0 aromatic carbocycles. The Balaban J connectivity index is 2.69.